The maximum absolute atomic E-state index is 9.29. The van der Waals surface area contributed by atoms with E-state index in [-0.39, 0.29) is 0 Å². The van der Waals surface area contributed by atoms with Crippen LogP contribution in [-0.2, 0) is 0 Å². The van der Waals surface area contributed by atoms with E-state index < -0.39 is 0 Å². The van der Waals surface area contributed by atoms with Crippen LogP contribution in [-0.4, -0.2) is 12.1 Å². The molecule has 1 N–H and O–H groups in total. The van der Waals surface area contributed by atoms with E-state index in [4.69, 9.17) is 4.74 Å². The minimum atomic E-state index is 0.518. The first kappa shape index (κ1) is 12.9. The summed E-state index contributed by atoms with van der Waals surface area (Å²) in [6, 6.07) is 19.2. The lowest BCUT2D eigenvalue weighted by Gasteiger charge is -2.09. The van der Waals surface area contributed by atoms with Crippen LogP contribution >= 0.6 is 0 Å². The summed E-state index contributed by atoms with van der Waals surface area (Å²) in [5, 5.41) is 13.4. The lowest BCUT2D eigenvalue weighted by molar-refractivity contribution is 0.415. The molecule has 0 atom stereocenters. The maximum atomic E-state index is 9.29. The predicted molar refractivity (Wildman–Crippen MR) is 82.7 cm³/mol. The number of para-hydroxylation sites is 1. The normalized spacial score (nSPS) is 10.1. The van der Waals surface area contributed by atoms with E-state index in [0.717, 1.165) is 22.3 Å². The molecule has 3 aromatic rings. The Morgan fingerprint density at radius 3 is 2.57 bits per heavy atom. The molecule has 3 rings (SSSR count). The van der Waals surface area contributed by atoms with Crippen molar-refractivity contribution < 1.29 is 4.74 Å². The lowest BCUT2D eigenvalue weighted by atomic mass is 10.1. The van der Waals surface area contributed by atoms with Gasteiger partial charge >= 0.3 is 0 Å². The van der Waals surface area contributed by atoms with Gasteiger partial charge in [0.05, 0.1) is 18.2 Å². The molecule has 0 radical (unpaired) electrons. The zero-order valence-corrected chi connectivity index (χ0v) is 11.5. The molecule has 0 bridgehead atoms. The monoisotopic (exact) mass is 275 g/mol. The number of methoxy groups -OCH3 is 1. The maximum Gasteiger partial charge on any atom is 0.149 e. The molecular weight excluding hydrogens is 262 g/mol. The highest BCUT2D eigenvalue weighted by Crippen LogP contribution is 2.24. The second-order valence-electron chi connectivity index (χ2n) is 4.54. The van der Waals surface area contributed by atoms with E-state index in [9.17, 15) is 5.26 Å². The molecule has 0 aliphatic carbocycles. The molecule has 1 heterocycles. The van der Waals surface area contributed by atoms with Crippen molar-refractivity contribution in [3.8, 4) is 11.8 Å². The van der Waals surface area contributed by atoms with Gasteiger partial charge in [0.25, 0.3) is 0 Å². The second kappa shape index (κ2) is 5.51. The van der Waals surface area contributed by atoms with Crippen LogP contribution in [0.2, 0.25) is 0 Å². The third kappa shape index (κ3) is 2.63. The van der Waals surface area contributed by atoms with Crippen LogP contribution < -0.4 is 10.1 Å². The zero-order valence-electron chi connectivity index (χ0n) is 11.5. The number of anilines is 2. The van der Waals surface area contributed by atoms with Crippen molar-refractivity contribution in [2.45, 2.75) is 0 Å². The summed E-state index contributed by atoms with van der Waals surface area (Å²) < 4.78 is 5.13. The Morgan fingerprint density at radius 2 is 1.86 bits per heavy atom. The average Bonchev–Trinajstić information content (AvgIpc) is 2.55. The Kier molecular flexibility index (Phi) is 3.40. The van der Waals surface area contributed by atoms with Gasteiger partial charge in [-0.05, 0) is 36.4 Å². The number of pyridine rings is 1. The third-order valence-electron chi connectivity index (χ3n) is 3.20. The SMILES string of the molecule is COc1ccc(Nc2nc3ccccc3cc2C#N)cc1. The van der Waals surface area contributed by atoms with Crippen LogP contribution in [0.3, 0.4) is 0 Å². The first-order valence-corrected chi connectivity index (χ1v) is 6.51. The molecule has 0 saturated carbocycles. The summed E-state index contributed by atoms with van der Waals surface area (Å²) in [6.07, 6.45) is 0. The van der Waals surface area contributed by atoms with Gasteiger partial charge < -0.3 is 10.1 Å². The van der Waals surface area contributed by atoms with Gasteiger partial charge in [-0.1, -0.05) is 18.2 Å². The summed E-state index contributed by atoms with van der Waals surface area (Å²) >= 11 is 0. The van der Waals surface area contributed by atoms with Gasteiger partial charge in [0, 0.05) is 11.1 Å². The first-order chi connectivity index (χ1) is 10.3. The minimum absolute atomic E-state index is 0.518. The van der Waals surface area contributed by atoms with Crippen molar-refractivity contribution in [1.82, 2.24) is 4.98 Å². The highest BCUT2D eigenvalue weighted by molar-refractivity contribution is 5.83. The number of nitrogens with one attached hydrogen (secondary N) is 1. The molecule has 0 spiro atoms. The van der Waals surface area contributed by atoms with E-state index in [1.807, 2.05) is 54.6 Å². The number of benzene rings is 2. The zero-order chi connectivity index (χ0) is 14.7. The number of nitrogens with zero attached hydrogens (tertiary/aromatic N) is 2. The molecule has 102 valence electrons. The largest absolute Gasteiger partial charge is 0.497 e. The number of nitriles is 1. The molecule has 4 nitrogen and oxygen atoms in total. The predicted octanol–water partition coefficient (Wildman–Crippen LogP) is 3.86. The number of hydrogen-bond acceptors (Lipinski definition) is 4. The van der Waals surface area contributed by atoms with Crippen LogP contribution in [0, 0.1) is 11.3 Å². The van der Waals surface area contributed by atoms with Crippen molar-refractivity contribution in [2.24, 2.45) is 0 Å². The molecular formula is C17H13N3O. The van der Waals surface area contributed by atoms with E-state index >= 15 is 0 Å². The molecule has 2 aromatic carbocycles. The summed E-state index contributed by atoms with van der Waals surface area (Å²) in [5.41, 5.74) is 2.23. The first-order valence-electron chi connectivity index (χ1n) is 6.51. The quantitative estimate of drug-likeness (QED) is 0.788. The highest BCUT2D eigenvalue weighted by atomic mass is 16.5. The van der Waals surface area contributed by atoms with Crippen LogP contribution in [0.15, 0.2) is 54.6 Å². The number of aromatic nitrogens is 1. The molecule has 0 aliphatic heterocycles. The van der Waals surface area contributed by atoms with Crippen LogP contribution in [0.25, 0.3) is 10.9 Å². The molecule has 4 heteroatoms. The number of rotatable bonds is 3. The van der Waals surface area contributed by atoms with E-state index in [1.165, 1.54) is 0 Å². The molecule has 0 saturated heterocycles. The molecule has 21 heavy (non-hydrogen) atoms. The van der Waals surface area contributed by atoms with Gasteiger partial charge in [0.1, 0.15) is 17.6 Å². The van der Waals surface area contributed by atoms with Crippen LogP contribution in [0.1, 0.15) is 5.56 Å². The van der Waals surface area contributed by atoms with E-state index in [2.05, 4.69) is 16.4 Å². The molecule has 1 aromatic heterocycles. The summed E-state index contributed by atoms with van der Waals surface area (Å²) in [6.45, 7) is 0. The third-order valence-corrected chi connectivity index (χ3v) is 3.20. The van der Waals surface area contributed by atoms with Crippen molar-refractivity contribution in [3.63, 3.8) is 0 Å². The summed E-state index contributed by atoms with van der Waals surface area (Å²) in [4.78, 5) is 4.52. The smallest absolute Gasteiger partial charge is 0.149 e. The molecule has 0 fully saturated rings. The van der Waals surface area contributed by atoms with Gasteiger partial charge in [-0.15, -0.1) is 0 Å². The van der Waals surface area contributed by atoms with Crippen LogP contribution in [0.4, 0.5) is 11.5 Å². The number of hydrogen-bond donors (Lipinski definition) is 1. The lowest BCUT2D eigenvalue weighted by Crippen LogP contribution is -1.97. The Bertz CT molecular complexity index is 820. The van der Waals surface area contributed by atoms with Crippen molar-refractivity contribution in [1.29, 1.82) is 5.26 Å². The van der Waals surface area contributed by atoms with Gasteiger partial charge in [-0.25, -0.2) is 4.98 Å². The molecule has 0 unspecified atom stereocenters. The van der Waals surface area contributed by atoms with E-state index in [1.54, 1.807) is 7.11 Å². The Morgan fingerprint density at radius 1 is 1.10 bits per heavy atom. The summed E-state index contributed by atoms with van der Waals surface area (Å²) in [5.74, 6) is 1.34. The fraction of sp³-hybridized carbons (Fsp3) is 0.0588. The Balaban J connectivity index is 2.00. The Labute approximate surface area is 122 Å². The van der Waals surface area contributed by atoms with Crippen molar-refractivity contribution in [3.05, 3.63) is 60.2 Å². The van der Waals surface area contributed by atoms with Gasteiger partial charge in [0.15, 0.2) is 0 Å². The topological polar surface area (TPSA) is 57.9 Å². The Hall–Kier alpha value is -3.06. The fourth-order valence-electron chi connectivity index (χ4n) is 2.11. The van der Waals surface area contributed by atoms with Crippen molar-refractivity contribution >= 4 is 22.4 Å². The average molecular weight is 275 g/mol. The summed E-state index contributed by atoms with van der Waals surface area (Å²) in [7, 11) is 1.63. The standard InChI is InChI=1S/C17H13N3O/c1-21-15-8-6-14(7-9-15)19-17-13(11-18)10-12-4-2-3-5-16(12)20-17/h2-10H,1H3,(H,19,20). The van der Waals surface area contributed by atoms with Gasteiger partial charge in [-0.3, -0.25) is 0 Å². The number of fused-ring (bicyclic) bond motifs is 1. The number of ether oxygens (including phenoxy) is 1. The second-order valence-corrected chi connectivity index (χ2v) is 4.54. The van der Waals surface area contributed by atoms with Crippen LogP contribution in [0.5, 0.6) is 5.75 Å². The van der Waals surface area contributed by atoms with Crippen molar-refractivity contribution in [2.75, 3.05) is 12.4 Å². The van der Waals surface area contributed by atoms with Gasteiger partial charge in [-0.2, -0.15) is 5.26 Å². The van der Waals surface area contributed by atoms with Gasteiger partial charge in [0.2, 0.25) is 0 Å². The van der Waals surface area contributed by atoms with E-state index in [0.29, 0.717) is 11.4 Å². The molecule has 0 aliphatic rings. The highest BCUT2D eigenvalue weighted by Gasteiger charge is 2.07. The fourth-order valence-corrected chi connectivity index (χ4v) is 2.11. The molecule has 0 amide bonds. The minimum Gasteiger partial charge on any atom is -0.497 e.